The molecular formula is C11H19N3O4. The van der Waals surface area contributed by atoms with Crippen molar-refractivity contribution in [1.29, 1.82) is 0 Å². The van der Waals surface area contributed by atoms with E-state index in [1.165, 1.54) is 0 Å². The normalized spacial score (nSPS) is 20.8. The summed E-state index contributed by atoms with van der Waals surface area (Å²) in [5, 5.41) is 13.5. The van der Waals surface area contributed by atoms with Crippen LogP contribution in [0.4, 0.5) is 0 Å². The summed E-state index contributed by atoms with van der Waals surface area (Å²) in [7, 11) is 0. The zero-order valence-corrected chi connectivity index (χ0v) is 10.5. The lowest BCUT2D eigenvalue weighted by molar-refractivity contribution is -0.118. The minimum absolute atomic E-state index is 0.0480. The molecule has 0 aromatic carbocycles. The van der Waals surface area contributed by atoms with E-state index in [2.05, 4.69) is 10.1 Å². The van der Waals surface area contributed by atoms with E-state index < -0.39 is 11.7 Å². The second-order valence-corrected chi connectivity index (χ2v) is 4.25. The van der Waals surface area contributed by atoms with Crippen LogP contribution in [0.1, 0.15) is 37.6 Å². The van der Waals surface area contributed by atoms with Crippen molar-refractivity contribution in [2.45, 2.75) is 31.5 Å². The minimum atomic E-state index is -0.926. The Hall–Kier alpha value is -1.02. The second-order valence-electron chi connectivity index (χ2n) is 4.25. The molecule has 1 aliphatic rings. The molecule has 18 heavy (non-hydrogen) atoms. The van der Waals surface area contributed by atoms with Crippen LogP contribution in [0, 0.1) is 0 Å². The molecule has 1 aliphatic heterocycles. The number of aliphatic hydroxyl groups is 1. The predicted molar refractivity (Wildman–Crippen MR) is 61.7 cm³/mol. The lowest BCUT2D eigenvalue weighted by Crippen LogP contribution is -2.37. The first-order valence-electron chi connectivity index (χ1n) is 6.16. The van der Waals surface area contributed by atoms with Crippen LogP contribution in [0.2, 0.25) is 0 Å². The highest BCUT2D eigenvalue weighted by Gasteiger charge is 2.40. The van der Waals surface area contributed by atoms with Crippen molar-refractivity contribution in [3.05, 3.63) is 11.7 Å². The van der Waals surface area contributed by atoms with Crippen LogP contribution in [-0.4, -0.2) is 41.6 Å². The fourth-order valence-electron chi connectivity index (χ4n) is 2.07. The fourth-order valence-corrected chi connectivity index (χ4v) is 2.07. The number of nitrogens with zero attached hydrogens (tertiary/aromatic N) is 2. The highest BCUT2D eigenvalue weighted by molar-refractivity contribution is 5.04. The molecule has 2 rings (SSSR count). The van der Waals surface area contributed by atoms with Gasteiger partial charge in [0, 0.05) is 39.2 Å². The molecule has 7 heteroatoms. The van der Waals surface area contributed by atoms with Crippen molar-refractivity contribution >= 4 is 0 Å². The lowest BCUT2D eigenvalue weighted by atomic mass is 9.93. The molecule has 1 atom stereocenters. The number of ether oxygens (including phenoxy) is 2. The molecular weight excluding hydrogens is 238 g/mol. The lowest BCUT2D eigenvalue weighted by Gasteiger charge is -2.33. The van der Waals surface area contributed by atoms with E-state index in [9.17, 15) is 5.11 Å². The third-order valence-corrected chi connectivity index (χ3v) is 3.08. The van der Waals surface area contributed by atoms with Gasteiger partial charge in [-0.15, -0.1) is 0 Å². The van der Waals surface area contributed by atoms with Gasteiger partial charge in [-0.1, -0.05) is 5.16 Å². The number of hydrogen-bond donors (Lipinski definition) is 2. The molecule has 1 fully saturated rings. The van der Waals surface area contributed by atoms with Gasteiger partial charge in [0.05, 0.1) is 0 Å². The average molecular weight is 257 g/mol. The number of nitrogens with two attached hydrogens (primary N) is 1. The zero-order chi connectivity index (χ0) is 13.0. The first kappa shape index (κ1) is 13.4. The first-order valence-corrected chi connectivity index (χ1v) is 6.16. The summed E-state index contributed by atoms with van der Waals surface area (Å²) in [5.74, 6) is 0.605. The minimum Gasteiger partial charge on any atom is -0.382 e. The zero-order valence-electron chi connectivity index (χ0n) is 10.5. The molecule has 1 aromatic heterocycles. The number of hydrogen-bond acceptors (Lipinski definition) is 7. The molecule has 0 radical (unpaired) electrons. The molecule has 1 aromatic rings. The maximum Gasteiger partial charge on any atom is 0.256 e. The Morgan fingerprint density at radius 3 is 2.83 bits per heavy atom. The molecule has 0 saturated carbocycles. The van der Waals surface area contributed by atoms with Crippen LogP contribution in [0.5, 0.6) is 0 Å². The largest absolute Gasteiger partial charge is 0.382 e. The van der Waals surface area contributed by atoms with Gasteiger partial charge < -0.3 is 24.8 Å². The molecule has 0 spiro atoms. The van der Waals surface area contributed by atoms with Crippen LogP contribution in [-0.2, 0) is 15.1 Å². The summed E-state index contributed by atoms with van der Waals surface area (Å²) in [4.78, 5) is 4.21. The van der Waals surface area contributed by atoms with Gasteiger partial charge in [-0.2, -0.15) is 4.98 Å². The van der Waals surface area contributed by atoms with E-state index in [-0.39, 0.29) is 12.4 Å². The van der Waals surface area contributed by atoms with Gasteiger partial charge in [-0.3, -0.25) is 0 Å². The van der Waals surface area contributed by atoms with Crippen molar-refractivity contribution in [3.8, 4) is 0 Å². The van der Waals surface area contributed by atoms with Crippen LogP contribution in [0.25, 0.3) is 0 Å². The smallest absolute Gasteiger partial charge is 0.256 e. The summed E-state index contributed by atoms with van der Waals surface area (Å²) in [6.45, 7) is 3.73. The highest BCUT2D eigenvalue weighted by atomic mass is 16.5. The van der Waals surface area contributed by atoms with Gasteiger partial charge in [0.15, 0.2) is 0 Å². The van der Waals surface area contributed by atoms with Gasteiger partial charge in [-0.05, 0) is 6.92 Å². The Kier molecular flexibility index (Phi) is 4.28. The molecule has 0 unspecified atom stereocenters. The van der Waals surface area contributed by atoms with Crippen molar-refractivity contribution in [2.75, 3.05) is 26.4 Å². The maximum absolute atomic E-state index is 9.57. The SMILES string of the molecule is CCOC1(c2noc([C@@H](O)CN)n2)CCOCC1. The van der Waals surface area contributed by atoms with E-state index in [1.54, 1.807) is 0 Å². The van der Waals surface area contributed by atoms with Gasteiger partial charge in [-0.25, -0.2) is 0 Å². The topological polar surface area (TPSA) is 104 Å². The predicted octanol–water partition coefficient (Wildman–Crippen LogP) is 0.104. The molecule has 0 aliphatic carbocycles. The highest BCUT2D eigenvalue weighted by Crippen LogP contribution is 2.34. The summed E-state index contributed by atoms with van der Waals surface area (Å²) >= 11 is 0. The van der Waals surface area contributed by atoms with E-state index in [0.717, 1.165) is 0 Å². The van der Waals surface area contributed by atoms with E-state index in [1.807, 2.05) is 6.92 Å². The van der Waals surface area contributed by atoms with Gasteiger partial charge in [0.2, 0.25) is 5.82 Å². The summed E-state index contributed by atoms with van der Waals surface area (Å²) in [6, 6.07) is 0. The molecule has 102 valence electrons. The monoisotopic (exact) mass is 257 g/mol. The molecule has 0 amide bonds. The van der Waals surface area contributed by atoms with Crippen LogP contribution in [0.3, 0.4) is 0 Å². The molecule has 0 bridgehead atoms. The summed E-state index contributed by atoms with van der Waals surface area (Å²) < 4.78 is 16.2. The Balaban J connectivity index is 2.22. The third kappa shape index (κ3) is 2.54. The summed E-state index contributed by atoms with van der Waals surface area (Å²) in [5.41, 5.74) is 4.79. The molecule has 3 N–H and O–H groups in total. The molecule has 2 heterocycles. The Labute approximate surface area is 105 Å². The first-order chi connectivity index (χ1) is 8.72. The van der Waals surface area contributed by atoms with E-state index >= 15 is 0 Å². The van der Waals surface area contributed by atoms with Crippen LogP contribution >= 0.6 is 0 Å². The van der Waals surface area contributed by atoms with E-state index in [0.29, 0.717) is 38.5 Å². The Bertz CT molecular complexity index is 371. The van der Waals surface area contributed by atoms with Crippen LogP contribution < -0.4 is 5.73 Å². The van der Waals surface area contributed by atoms with Gasteiger partial charge in [0.25, 0.3) is 5.89 Å². The second kappa shape index (κ2) is 5.75. The van der Waals surface area contributed by atoms with Crippen molar-refractivity contribution < 1.29 is 19.1 Å². The quantitative estimate of drug-likeness (QED) is 0.771. The van der Waals surface area contributed by atoms with Crippen molar-refractivity contribution in [1.82, 2.24) is 10.1 Å². The summed E-state index contributed by atoms with van der Waals surface area (Å²) in [6.07, 6.45) is 0.432. The number of rotatable bonds is 5. The fraction of sp³-hybridized carbons (Fsp3) is 0.818. The number of aliphatic hydroxyl groups excluding tert-OH is 1. The van der Waals surface area contributed by atoms with Crippen LogP contribution in [0.15, 0.2) is 4.52 Å². The van der Waals surface area contributed by atoms with Crippen molar-refractivity contribution in [2.24, 2.45) is 5.73 Å². The van der Waals surface area contributed by atoms with Crippen molar-refractivity contribution in [3.63, 3.8) is 0 Å². The van der Waals surface area contributed by atoms with Gasteiger partial charge in [0.1, 0.15) is 11.7 Å². The third-order valence-electron chi connectivity index (χ3n) is 3.08. The maximum atomic E-state index is 9.57. The van der Waals surface area contributed by atoms with Gasteiger partial charge >= 0.3 is 0 Å². The molecule has 7 nitrogen and oxygen atoms in total. The van der Waals surface area contributed by atoms with E-state index in [4.69, 9.17) is 19.7 Å². The average Bonchev–Trinajstić information content (AvgIpc) is 2.89. The Morgan fingerprint density at radius 1 is 1.50 bits per heavy atom. The Morgan fingerprint density at radius 2 is 2.22 bits per heavy atom. The standard InChI is InChI=1S/C11H19N3O4/c1-2-17-11(3-5-16-6-4-11)10-13-9(18-14-10)8(15)7-12/h8,15H,2-7,12H2,1H3/t8-/m0/s1. The molecule has 1 saturated heterocycles. The number of aromatic nitrogens is 2.